The number of piperidine rings is 1. The maximum Gasteiger partial charge on any atom is 0.243 e. The highest BCUT2D eigenvalue weighted by Gasteiger charge is 2.31. The zero-order chi connectivity index (χ0) is 14.2. The molecule has 1 atom stereocenters. The Hall–Kier alpha value is -0.940. The lowest BCUT2D eigenvalue weighted by Gasteiger charge is -2.31. The normalized spacial score (nSPS) is 21.6. The molecule has 1 aromatic carbocycles. The highest BCUT2D eigenvalue weighted by Crippen LogP contribution is 2.28. The van der Waals surface area contributed by atoms with Crippen molar-refractivity contribution >= 4 is 10.0 Å². The summed E-state index contributed by atoms with van der Waals surface area (Å²) in [5.41, 5.74) is 0.964. The largest absolute Gasteiger partial charge is 0.243 e. The van der Waals surface area contributed by atoms with Crippen LogP contribution in [0.15, 0.2) is 17.0 Å². The van der Waals surface area contributed by atoms with Crippen LogP contribution < -0.4 is 0 Å². The van der Waals surface area contributed by atoms with Crippen LogP contribution in [0.1, 0.15) is 30.9 Å². The molecule has 5 heteroatoms. The Balaban J connectivity index is 2.45. The Kier molecular flexibility index (Phi) is 3.97. The predicted octanol–water partition coefficient (Wildman–Crippen LogP) is 2.86. The molecule has 19 heavy (non-hydrogen) atoms. The van der Waals surface area contributed by atoms with E-state index in [0.29, 0.717) is 30.1 Å². The van der Waals surface area contributed by atoms with E-state index in [1.165, 1.54) is 16.4 Å². The topological polar surface area (TPSA) is 37.4 Å². The van der Waals surface area contributed by atoms with Crippen LogP contribution in [-0.2, 0) is 10.0 Å². The van der Waals surface area contributed by atoms with Crippen LogP contribution in [0.2, 0.25) is 0 Å². The van der Waals surface area contributed by atoms with Crippen LogP contribution in [0.5, 0.6) is 0 Å². The average molecular weight is 285 g/mol. The molecule has 1 unspecified atom stereocenters. The molecule has 0 amide bonds. The van der Waals surface area contributed by atoms with Crippen molar-refractivity contribution in [2.75, 3.05) is 13.1 Å². The second kappa shape index (κ2) is 5.21. The number of hydrogen-bond donors (Lipinski definition) is 0. The molecule has 3 nitrogen and oxygen atoms in total. The van der Waals surface area contributed by atoms with Crippen LogP contribution in [-0.4, -0.2) is 25.8 Å². The summed E-state index contributed by atoms with van der Waals surface area (Å²) >= 11 is 0. The van der Waals surface area contributed by atoms with Gasteiger partial charge in [0.1, 0.15) is 5.82 Å². The maximum absolute atomic E-state index is 13.3. The van der Waals surface area contributed by atoms with Crippen LogP contribution in [0, 0.1) is 25.6 Å². The van der Waals surface area contributed by atoms with Crippen molar-refractivity contribution in [2.45, 2.75) is 38.5 Å². The van der Waals surface area contributed by atoms with Gasteiger partial charge in [-0.3, -0.25) is 0 Å². The Bertz CT molecular complexity index is 560. The molecule has 0 saturated carbocycles. The fourth-order valence-corrected chi connectivity index (χ4v) is 4.81. The van der Waals surface area contributed by atoms with E-state index in [4.69, 9.17) is 0 Å². The molecule has 0 spiro atoms. The van der Waals surface area contributed by atoms with E-state index in [9.17, 15) is 12.8 Å². The molecule has 1 aliphatic rings. The van der Waals surface area contributed by atoms with E-state index in [2.05, 4.69) is 6.92 Å². The Morgan fingerprint density at radius 1 is 1.26 bits per heavy atom. The number of rotatable bonds is 2. The Labute approximate surface area is 114 Å². The van der Waals surface area contributed by atoms with Crippen LogP contribution in [0.3, 0.4) is 0 Å². The summed E-state index contributed by atoms with van der Waals surface area (Å²) < 4.78 is 40.2. The van der Waals surface area contributed by atoms with Gasteiger partial charge in [0.05, 0.1) is 4.90 Å². The number of hydrogen-bond acceptors (Lipinski definition) is 2. The zero-order valence-corrected chi connectivity index (χ0v) is 12.4. The van der Waals surface area contributed by atoms with Gasteiger partial charge in [-0.15, -0.1) is 0 Å². The maximum atomic E-state index is 13.3. The fourth-order valence-electron chi connectivity index (χ4n) is 2.80. The Morgan fingerprint density at radius 2 is 1.84 bits per heavy atom. The summed E-state index contributed by atoms with van der Waals surface area (Å²) in [5, 5.41) is 0. The lowest BCUT2D eigenvalue weighted by Crippen LogP contribution is -2.39. The number of benzene rings is 1. The molecule has 0 N–H and O–H groups in total. The van der Waals surface area contributed by atoms with Gasteiger partial charge in [-0.25, -0.2) is 12.8 Å². The third-order valence-corrected chi connectivity index (χ3v) is 5.81. The fraction of sp³-hybridized carbons (Fsp3) is 0.571. The highest BCUT2D eigenvalue weighted by atomic mass is 32.2. The third-order valence-electron chi connectivity index (χ3n) is 3.64. The molecular formula is C14H20FNO2S. The smallest absolute Gasteiger partial charge is 0.207 e. The van der Waals surface area contributed by atoms with Crippen LogP contribution in [0.4, 0.5) is 4.39 Å². The van der Waals surface area contributed by atoms with Crippen molar-refractivity contribution in [3.05, 3.63) is 29.1 Å². The number of halogens is 1. The molecule has 0 bridgehead atoms. The summed E-state index contributed by atoms with van der Waals surface area (Å²) in [6, 6.07) is 2.57. The molecule has 1 aromatic rings. The SMILES string of the molecule is Cc1cc(F)cc(C)c1S(=O)(=O)N1CCCC(C)C1. The molecule has 106 valence electrons. The van der Waals surface area contributed by atoms with Crippen molar-refractivity contribution in [3.63, 3.8) is 0 Å². The first-order valence-electron chi connectivity index (χ1n) is 6.59. The van der Waals surface area contributed by atoms with Crippen molar-refractivity contribution in [2.24, 2.45) is 5.92 Å². The van der Waals surface area contributed by atoms with Gasteiger partial charge in [0, 0.05) is 13.1 Å². The standard InChI is InChI=1S/C14H20FNO2S/c1-10-5-4-6-16(9-10)19(17,18)14-11(2)7-13(15)8-12(14)3/h7-8,10H,4-6,9H2,1-3H3. The van der Waals surface area contributed by atoms with Crippen molar-refractivity contribution in [1.29, 1.82) is 0 Å². The van der Waals surface area contributed by atoms with E-state index >= 15 is 0 Å². The van der Waals surface area contributed by atoms with Crippen molar-refractivity contribution in [1.82, 2.24) is 4.31 Å². The van der Waals surface area contributed by atoms with Crippen LogP contribution in [0.25, 0.3) is 0 Å². The summed E-state index contributed by atoms with van der Waals surface area (Å²) in [6.45, 7) is 6.47. The average Bonchev–Trinajstić information content (AvgIpc) is 2.26. The van der Waals surface area contributed by atoms with E-state index in [1.807, 2.05) is 0 Å². The summed E-state index contributed by atoms with van der Waals surface area (Å²) in [4.78, 5) is 0.267. The summed E-state index contributed by atoms with van der Waals surface area (Å²) in [7, 11) is -3.51. The van der Waals surface area contributed by atoms with Gasteiger partial charge in [0.25, 0.3) is 0 Å². The van der Waals surface area contributed by atoms with Gasteiger partial charge in [0.15, 0.2) is 0 Å². The van der Waals surface area contributed by atoms with Gasteiger partial charge < -0.3 is 0 Å². The lowest BCUT2D eigenvalue weighted by atomic mass is 10.0. The highest BCUT2D eigenvalue weighted by molar-refractivity contribution is 7.89. The van der Waals surface area contributed by atoms with Gasteiger partial charge >= 0.3 is 0 Å². The molecule has 0 aromatic heterocycles. The molecular weight excluding hydrogens is 265 g/mol. The second-order valence-corrected chi connectivity index (χ2v) is 7.35. The molecule has 1 aliphatic heterocycles. The second-order valence-electron chi connectivity index (χ2n) is 5.48. The van der Waals surface area contributed by atoms with E-state index < -0.39 is 10.0 Å². The van der Waals surface area contributed by atoms with Crippen molar-refractivity contribution in [3.8, 4) is 0 Å². The molecule has 0 aliphatic carbocycles. The molecule has 1 heterocycles. The van der Waals surface area contributed by atoms with Gasteiger partial charge in [-0.05, 0) is 55.9 Å². The Morgan fingerprint density at radius 3 is 2.37 bits per heavy atom. The van der Waals surface area contributed by atoms with Gasteiger partial charge in [0.2, 0.25) is 10.0 Å². The minimum absolute atomic E-state index is 0.267. The quantitative estimate of drug-likeness (QED) is 0.838. The molecule has 1 saturated heterocycles. The molecule has 2 rings (SSSR count). The van der Waals surface area contributed by atoms with E-state index in [-0.39, 0.29) is 10.7 Å². The predicted molar refractivity (Wildman–Crippen MR) is 73.0 cm³/mol. The number of sulfonamides is 1. The van der Waals surface area contributed by atoms with Gasteiger partial charge in [-0.1, -0.05) is 6.92 Å². The lowest BCUT2D eigenvalue weighted by molar-refractivity contribution is 0.281. The van der Waals surface area contributed by atoms with Crippen molar-refractivity contribution < 1.29 is 12.8 Å². The molecule has 1 fully saturated rings. The monoisotopic (exact) mass is 285 g/mol. The molecule has 0 radical (unpaired) electrons. The summed E-state index contributed by atoms with van der Waals surface area (Å²) in [5.74, 6) is -0.00875. The first-order chi connectivity index (χ1) is 8.82. The minimum atomic E-state index is -3.51. The van der Waals surface area contributed by atoms with Gasteiger partial charge in [-0.2, -0.15) is 4.31 Å². The van der Waals surface area contributed by atoms with Crippen LogP contribution >= 0.6 is 0 Å². The van der Waals surface area contributed by atoms with E-state index in [0.717, 1.165) is 12.8 Å². The first kappa shape index (κ1) is 14.5. The first-order valence-corrected chi connectivity index (χ1v) is 8.03. The zero-order valence-electron chi connectivity index (χ0n) is 11.6. The third kappa shape index (κ3) is 2.82. The number of nitrogens with zero attached hydrogens (tertiary/aromatic N) is 1. The summed E-state index contributed by atoms with van der Waals surface area (Å²) in [6.07, 6.45) is 1.95. The minimum Gasteiger partial charge on any atom is -0.207 e. The van der Waals surface area contributed by atoms with E-state index in [1.54, 1.807) is 13.8 Å². The number of aryl methyl sites for hydroxylation is 2.